The normalized spacial score (nSPS) is 16.0. The Morgan fingerprint density at radius 1 is 1.38 bits per heavy atom. The zero-order chi connectivity index (χ0) is 14.9. The van der Waals surface area contributed by atoms with Gasteiger partial charge in [-0.05, 0) is 43.4 Å². The van der Waals surface area contributed by atoms with Gasteiger partial charge in [-0.2, -0.15) is 0 Å². The number of nitrogens with zero attached hydrogens (tertiary/aromatic N) is 3. The summed E-state index contributed by atoms with van der Waals surface area (Å²) in [5.74, 6) is 1.60. The van der Waals surface area contributed by atoms with Gasteiger partial charge in [0.05, 0.1) is 6.54 Å². The Kier molecular flexibility index (Phi) is 6.31. The minimum atomic E-state index is 0.528. The van der Waals surface area contributed by atoms with E-state index in [9.17, 15) is 0 Å². The van der Waals surface area contributed by atoms with E-state index in [1.807, 2.05) is 12.3 Å². The van der Waals surface area contributed by atoms with Crippen molar-refractivity contribution in [1.82, 2.24) is 10.3 Å². The summed E-state index contributed by atoms with van der Waals surface area (Å²) in [6, 6.07) is 4.14. The lowest BCUT2D eigenvalue weighted by Crippen LogP contribution is -2.32. The molecular weight excluding hydrogens is 262 g/mol. The number of pyridine rings is 1. The van der Waals surface area contributed by atoms with E-state index in [1.54, 1.807) is 0 Å². The molecule has 1 aliphatic heterocycles. The maximum atomic E-state index is 5.86. The molecular formula is C16H27N5. The van der Waals surface area contributed by atoms with Crippen LogP contribution in [-0.4, -0.2) is 30.6 Å². The molecule has 0 spiro atoms. The van der Waals surface area contributed by atoms with Crippen molar-refractivity contribution in [2.24, 2.45) is 10.7 Å². The van der Waals surface area contributed by atoms with E-state index in [1.165, 1.54) is 19.3 Å². The number of nitrogens with two attached hydrogens (primary N) is 1. The van der Waals surface area contributed by atoms with Crippen molar-refractivity contribution in [3.05, 3.63) is 23.9 Å². The average molecular weight is 289 g/mol. The molecule has 1 aromatic heterocycles. The third-order valence-corrected chi connectivity index (χ3v) is 3.76. The highest BCUT2D eigenvalue weighted by molar-refractivity contribution is 5.77. The van der Waals surface area contributed by atoms with E-state index < -0.39 is 0 Å². The number of rotatable bonds is 6. The Labute approximate surface area is 127 Å². The molecule has 0 radical (unpaired) electrons. The lowest BCUT2D eigenvalue weighted by atomic mass is 10.1. The van der Waals surface area contributed by atoms with Crippen LogP contribution in [0.25, 0.3) is 0 Å². The van der Waals surface area contributed by atoms with Gasteiger partial charge < -0.3 is 16.0 Å². The summed E-state index contributed by atoms with van der Waals surface area (Å²) in [6.45, 7) is 5.88. The predicted octanol–water partition coefficient (Wildman–Crippen LogP) is 2.28. The van der Waals surface area contributed by atoms with Crippen LogP contribution >= 0.6 is 0 Å². The summed E-state index contributed by atoms with van der Waals surface area (Å²) in [6.07, 6.45) is 8.00. The minimum absolute atomic E-state index is 0.528. The van der Waals surface area contributed by atoms with E-state index >= 15 is 0 Å². The van der Waals surface area contributed by atoms with Crippen LogP contribution in [0.5, 0.6) is 0 Å². The number of hydrogen-bond donors (Lipinski definition) is 2. The maximum absolute atomic E-state index is 5.86. The number of unbranched alkanes of at least 4 members (excludes halogenated alkanes) is 1. The quantitative estimate of drug-likeness (QED) is 0.479. The molecule has 5 heteroatoms. The molecule has 0 aliphatic carbocycles. The Hall–Kier alpha value is -1.78. The third kappa shape index (κ3) is 5.25. The summed E-state index contributed by atoms with van der Waals surface area (Å²) < 4.78 is 0. The first kappa shape index (κ1) is 15.6. The van der Waals surface area contributed by atoms with Crippen molar-refractivity contribution in [2.75, 3.05) is 24.5 Å². The van der Waals surface area contributed by atoms with Crippen molar-refractivity contribution in [3.63, 3.8) is 0 Å². The summed E-state index contributed by atoms with van der Waals surface area (Å²) >= 11 is 0. The highest BCUT2D eigenvalue weighted by atomic mass is 15.2. The highest BCUT2D eigenvalue weighted by Crippen LogP contribution is 2.18. The van der Waals surface area contributed by atoms with Crippen LogP contribution in [0.1, 0.15) is 44.6 Å². The van der Waals surface area contributed by atoms with Gasteiger partial charge in [-0.1, -0.05) is 13.3 Å². The third-order valence-electron chi connectivity index (χ3n) is 3.76. The second kappa shape index (κ2) is 8.49. The fourth-order valence-electron chi connectivity index (χ4n) is 2.48. The molecule has 1 aromatic rings. The first-order valence-electron chi connectivity index (χ1n) is 8.03. The number of piperidine rings is 1. The Morgan fingerprint density at radius 3 is 2.95 bits per heavy atom. The van der Waals surface area contributed by atoms with E-state index in [4.69, 9.17) is 5.73 Å². The maximum Gasteiger partial charge on any atom is 0.188 e. The van der Waals surface area contributed by atoms with Crippen LogP contribution in [0.2, 0.25) is 0 Å². The molecule has 21 heavy (non-hydrogen) atoms. The summed E-state index contributed by atoms with van der Waals surface area (Å²) in [5.41, 5.74) is 7.01. The topological polar surface area (TPSA) is 66.5 Å². The monoisotopic (exact) mass is 289 g/mol. The summed E-state index contributed by atoms with van der Waals surface area (Å²) in [5, 5.41) is 3.13. The Bertz CT molecular complexity index is 452. The van der Waals surface area contributed by atoms with Crippen molar-refractivity contribution < 1.29 is 0 Å². The van der Waals surface area contributed by atoms with Crippen LogP contribution in [0.4, 0.5) is 5.82 Å². The van der Waals surface area contributed by atoms with Crippen LogP contribution in [0.15, 0.2) is 23.3 Å². The van der Waals surface area contributed by atoms with E-state index in [0.29, 0.717) is 12.5 Å². The number of guanidine groups is 1. The summed E-state index contributed by atoms with van der Waals surface area (Å²) in [4.78, 5) is 11.2. The van der Waals surface area contributed by atoms with E-state index in [2.05, 4.69) is 33.2 Å². The van der Waals surface area contributed by atoms with Crippen molar-refractivity contribution in [2.45, 2.75) is 45.6 Å². The fraction of sp³-hybridized carbons (Fsp3) is 0.625. The fourth-order valence-corrected chi connectivity index (χ4v) is 2.48. The molecule has 3 N–H and O–H groups in total. The molecule has 1 aliphatic rings. The lowest BCUT2D eigenvalue weighted by molar-refractivity contribution is 0.573. The molecule has 0 amide bonds. The second-order valence-corrected chi connectivity index (χ2v) is 5.55. The number of anilines is 1. The molecule has 1 fully saturated rings. The van der Waals surface area contributed by atoms with Gasteiger partial charge in [0.25, 0.3) is 0 Å². The van der Waals surface area contributed by atoms with Gasteiger partial charge in [-0.25, -0.2) is 9.98 Å². The van der Waals surface area contributed by atoms with Gasteiger partial charge in [0.15, 0.2) is 5.96 Å². The molecule has 0 atom stereocenters. The largest absolute Gasteiger partial charge is 0.370 e. The molecule has 2 heterocycles. The van der Waals surface area contributed by atoms with Gasteiger partial charge in [-0.3, -0.25) is 0 Å². The summed E-state index contributed by atoms with van der Waals surface area (Å²) in [7, 11) is 0. The number of aromatic nitrogens is 1. The standard InChI is InChI=1S/C16H27N5/c1-2-3-8-19-16(17)20-13-14-7-9-18-15(12-14)21-10-5-4-6-11-21/h7,9,12H,2-6,8,10-11,13H2,1H3,(H3,17,19,20). The van der Waals surface area contributed by atoms with Gasteiger partial charge in [0, 0.05) is 25.8 Å². The molecule has 0 aromatic carbocycles. The lowest BCUT2D eigenvalue weighted by Gasteiger charge is -2.27. The molecule has 5 nitrogen and oxygen atoms in total. The van der Waals surface area contributed by atoms with Crippen molar-refractivity contribution in [3.8, 4) is 0 Å². The molecule has 0 bridgehead atoms. The predicted molar refractivity (Wildman–Crippen MR) is 88.5 cm³/mol. The van der Waals surface area contributed by atoms with Gasteiger partial charge in [-0.15, -0.1) is 0 Å². The van der Waals surface area contributed by atoms with Crippen LogP contribution in [0, 0.1) is 0 Å². The van der Waals surface area contributed by atoms with Gasteiger partial charge in [0.1, 0.15) is 5.82 Å². The SMILES string of the molecule is CCCCNC(N)=NCc1ccnc(N2CCCCC2)c1. The minimum Gasteiger partial charge on any atom is -0.370 e. The van der Waals surface area contributed by atoms with Crippen LogP contribution in [0.3, 0.4) is 0 Å². The van der Waals surface area contributed by atoms with Gasteiger partial charge in [0.2, 0.25) is 0 Å². The van der Waals surface area contributed by atoms with Crippen molar-refractivity contribution >= 4 is 11.8 Å². The molecule has 0 saturated carbocycles. The molecule has 2 rings (SSSR count). The highest BCUT2D eigenvalue weighted by Gasteiger charge is 2.12. The Morgan fingerprint density at radius 2 is 2.19 bits per heavy atom. The van der Waals surface area contributed by atoms with Crippen LogP contribution < -0.4 is 16.0 Å². The molecule has 116 valence electrons. The zero-order valence-electron chi connectivity index (χ0n) is 13.0. The zero-order valence-corrected chi connectivity index (χ0v) is 13.0. The average Bonchev–Trinajstić information content (AvgIpc) is 2.54. The molecule has 0 unspecified atom stereocenters. The van der Waals surface area contributed by atoms with Gasteiger partial charge >= 0.3 is 0 Å². The van der Waals surface area contributed by atoms with Crippen molar-refractivity contribution in [1.29, 1.82) is 0 Å². The second-order valence-electron chi connectivity index (χ2n) is 5.55. The smallest absolute Gasteiger partial charge is 0.188 e. The first-order chi connectivity index (χ1) is 10.3. The number of nitrogens with one attached hydrogen (secondary N) is 1. The van der Waals surface area contributed by atoms with E-state index in [0.717, 1.165) is 43.9 Å². The Balaban J connectivity index is 1.89. The molecule has 1 saturated heterocycles. The first-order valence-corrected chi connectivity index (χ1v) is 8.03. The van der Waals surface area contributed by atoms with Crippen LogP contribution in [-0.2, 0) is 6.54 Å². The van der Waals surface area contributed by atoms with E-state index in [-0.39, 0.29) is 0 Å². The number of aliphatic imine (C=N–C) groups is 1. The number of hydrogen-bond acceptors (Lipinski definition) is 3.